The zero-order valence-electron chi connectivity index (χ0n) is 16.7. The quantitative estimate of drug-likeness (QED) is 0.572. The van der Waals surface area contributed by atoms with Crippen LogP contribution in [0.5, 0.6) is 5.75 Å². The summed E-state index contributed by atoms with van der Waals surface area (Å²) in [5.74, 6) is 0.534. The van der Waals surface area contributed by atoms with Gasteiger partial charge in [0.2, 0.25) is 0 Å². The number of aryl methyl sites for hydroxylation is 1. The molecule has 0 amide bonds. The topological polar surface area (TPSA) is 59.6 Å². The first-order chi connectivity index (χ1) is 13.3. The molecule has 1 aliphatic heterocycles. The lowest BCUT2D eigenvalue weighted by Gasteiger charge is -2.38. The summed E-state index contributed by atoms with van der Waals surface area (Å²) >= 11 is 5.53. The molecule has 2 aromatic carbocycles. The summed E-state index contributed by atoms with van der Waals surface area (Å²) in [5.41, 5.74) is 3.21. The van der Waals surface area contributed by atoms with E-state index in [-0.39, 0.29) is 17.6 Å². The molecule has 0 spiro atoms. The van der Waals surface area contributed by atoms with Crippen LogP contribution < -0.4 is 15.4 Å². The molecule has 2 N–H and O–H groups in total. The van der Waals surface area contributed by atoms with Crippen LogP contribution in [0.15, 0.2) is 42.5 Å². The van der Waals surface area contributed by atoms with Crippen molar-refractivity contribution >= 4 is 29.0 Å². The van der Waals surface area contributed by atoms with Gasteiger partial charge < -0.3 is 20.1 Å². The Labute approximate surface area is 171 Å². The number of hydrogen-bond donors (Lipinski definition) is 2. The van der Waals surface area contributed by atoms with E-state index in [1.807, 2.05) is 12.1 Å². The number of hydrogen-bond acceptors (Lipinski definition) is 4. The first kappa shape index (κ1) is 20.1. The number of carbonyl (C=O) groups is 1. The maximum atomic E-state index is 11.9. The Morgan fingerprint density at radius 1 is 1.29 bits per heavy atom. The van der Waals surface area contributed by atoms with Gasteiger partial charge in [-0.2, -0.15) is 0 Å². The van der Waals surface area contributed by atoms with Crippen molar-refractivity contribution in [2.24, 2.45) is 0 Å². The highest BCUT2D eigenvalue weighted by molar-refractivity contribution is 7.80. The summed E-state index contributed by atoms with van der Waals surface area (Å²) in [5, 5.41) is 7.07. The predicted molar refractivity (Wildman–Crippen MR) is 115 cm³/mol. The van der Waals surface area contributed by atoms with E-state index < -0.39 is 0 Å². The van der Waals surface area contributed by atoms with Gasteiger partial charge in [0.05, 0.1) is 18.2 Å². The van der Waals surface area contributed by atoms with Gasteiger partial charge in [-0.3, -0.25) is 0 Å². The van der Waals surface area contributed by atoms with Gasteiger partial charge in [-0.25, -0.2) is 4.79 Å². The highest BCUT2D eigenvalue weighted by Crippen LogP contribution is 2.39. The van der Waals surface area contributed by atoms with Crippen LogP contribution in [0.4, 0.5) is 5.69 Å². The van der Waals surface area contributed by atoms with Crippen LogP contribution in [0.3, 0.4) is 0 Å². The van der Waals surface area contributed by atoms with Crippen molar-refractivity contribution in [3.63, 3.8) is 0 Å². The van der Waals surface area contributed by atoms with E-state index >= 15 is 0 Å². The average molecular weight is 399 g/mol. The highest BCUT2D eigenvalue weighted by atomic mass is 32.1. The van der Waals surface area contributed by atoms with E-state index in [1.165, 1.54) is 5.56 Å². The molecule has 2 aromatic rings. The fourth-order valence-electron chi connectivity index (χ4n) is 3.37. The van der Waals surface area contributed by atoms with Crippen LogP contribution in [-0.2, 0) is 4.74 Å². The molecule has 0 saturated carbocycles. The van der Waals surface area contributed by atoms with Crippen molar-refractivity contribution in [1.29, 1.82) is 0 Å². The van der Waals surface area contributed by atoms with Gasteiger partial charge in [0.1, 0.15) is 11.4 Å². The fraction of sp³-hybridized carbons (Fsp3) is 0.364. The summed E-state index contributed by atoms with van der Waals surface area (Å²) in [6.07, 6.45) is 0.786. The Balaban J connectivity index is 1.74. The number of nitrogens with one attached hydrogen (secondary N) is 2. The maximum Gasteiger partial charge on any atom is 0.338 e. The third-order valence-electron chi connectivity index (χ3n) is 4.56. The molecule has 0 fully saturated rings. The van der Waals surface area contributed by atoms with Gasteiger partial charge in [0, 0.05) is 17.7 Å². The minimum atomic E-state index is -0.347. The Kier molecular flexibility index (Phi) is 5.89. The normalized spacial score (nSPS) is 17.1. The molecular weight excluding hydrogens is 372 g/mol. The third kappa shape index (κ3) is 4.81. The Hall–Kier alpha value is -2.60. The standard InChI is InChI=1S/C22H26N2O3S/c1-5-26-20(25)15-7-6-8-16(12-15)23-21(28)24-18-13-22(3,4)27-19-10-9-14(2)11-17(18)19/h6-12,18H,5,13H2,1-4H3,(H2,23,24,28). The lowest BCUT2D eigenvalue weighted by molar-refractivity contribution is 0.0526. The number of ether oxygens (including phenoxy) is 2. The van der Waals surface area contributed by atoms with E-state index in [0.29, 0.717) is 17.3 Å². The fourth-order valence-corrected chi connectivity index (χ4v) is 3.63. The molecule has 3 rings (SSSR count). The summed E-state index contributed by atoms with van der Waals surface area (Å²) in [7, 11) is 0. The molecule has 1 heterocycles. The number of thiocarbonyl (C=S) groups is 1. The molecule has 1 aliphatic rings. The molecule has 0 radical (unpaired) electrons. The number of carbonyl (C=O) groups excluding carboxylic acids is 1. The van der Waals surface area contributed by atoms with Crippen molar-refractivity contribution in [3.8, 4) is 5.75 Å². The average Bonchev–Trinajstić information content (AvgIpc) is 2.62. The second kappa shape index (κ2) is 8.19. The van der Waals surface area contributed by atoms with E-state index in [2.05, 4.69) is 43.5 Å². The summed E-state index contributed by atoms with van der Waals surface area (Å²) in [6, 6.07) is 13.3. The SMILES string of the molecule is CCOC(=O)c1cccc(NC(=S)NC2CC(C)(C)Oc3ccc(C)cc32)c1. The Morgan fingerprint density at radius 2 is 2.07 bits per heavy atom. The van der Waals surface area contributed by atoms with Crippen molar-refractivity contribution in [1.82, 2.24) is 5.32 Å². The number of fused-ring (bicyclic) bond motifs is 1. The van der Waals surface area contributed by atoms with E-state index in [0.717, 1.165) is 23.4 Å². The first-order valence-corrected chi connectivity index (χ1v) is 9.82. The second-order valence-electron chi connectivity index (χ2n) is 7.56. The molecule has 1 atom stereocenters. The second-order valence-corrected chi connectivity index (χ2v) is 7.97. The molecule has 0 saturated heterocycles. The van der Waals surface area contributed by atoms with Crippen molar-refractivity contribution in [2.45, 2.75) is 45.8 Å². The molecule has 0 bridgehead atoms. The number of anilines is 1. The molecular formula is C22H26N2O3S. The lowest BCUT2D eigenvalue weighted by atomic mass is 9.89. The van der Waals surface area contributed by atoms with Crippen LogP contribution in [-0.4, -0.2) is 23.3 Å². The largest absolute Gasteiger partial charge is 0.487 e. The predicted octanol–water partition coefficient (Wildman–Crippen LogP) is 4.76. The lowest BCUT2D eigenvalue weighted by Crippen LogP contribution is -2.42. The van der Waals surface area contributed by atoms with Crippen LogP contribution in [0.1, 0.15) is 54.7 Å². The van der Waals surface area contributed by atoms with Crippen molar-refractivity contribution < 1.29 is 14.3 Å². The number of esters is 1. The van der Waals surface area contributed by atoms with Crippen LogP contribution in [0.2, 0.25) is 0 Å². The summed E-state index contributed by atoms with van der Waals surface area (Å²) in [4.78, 5) is 11.9. The Morgan fingerprint density at radius 3 is 2.82 bits per heavy atom. The molecule has 0 aromatic heterocycles. The van der Waals surface area contributed by atoms with Gasteiger partial charge in [-0.15, -0.1) is 0 Å². The third-order valence-corrected chi connectivity index (χ3v) is 4.78. The molecule has 0 aliphatic carbocycles. The van der Waals surface area contributed by atoms with Gasteiger partial charge in [0.15, 0.2) is 5.11 Å². The van der Waals surface area contributed by atoms with Crippen molar-refractivity contribution in [3.05, 3.63) is 59.2 Å². The molecule has 5 nitrogen and oxygen atoms in total. The van der Waals surface area contributed by atoms with E-state index in [9.17, 15) is 4.79 Å². The smallest absolute Gasteiger partial charge is 0.338 e. The highest BCUT2D eigenvalue weighted by Gasteiger charge is 2.34. The monoisotopic (exact) mass is 398 g/mol. The van der Waals surface area contributed by atoms with E-state index in [1.54, 1.807) is 25.1 Å². The Bertz CT molecular complexity index is 895. The summed E-state index contributed by atoms with van der Waals surface area (Å²) < 4.78 is 11.2. The van der Waals surface area contributed by atoms with Crippen LogP contribution in [0.25, 0.3) is 0 Å². The number of rotatable bonds is 4. The first-order valence-electron chi connectivity index (χ1n) is 9.41. The van der Waals surface area contributed by atoms with Gasteiger partial charge in [-0.1, -0.05) is 23.8 Å². The zero-order chi connectivity index (χ0) is 20.3. The van der Waals surface area contributed by atoms with E-state index in [4.69, 9.17) is 21.7 Å². The van der Waals surface area contributed by atoms with Crippen LogP contribution >= 0.6 is 12.2 Å². The number of benzene rings is 2. The van der Waals surface area contributed by atoms with Crippen LogP contribution in [0, 0.1) is 6.92 Å². The zero-order valence-corrected chi connectivity index (χ0v) is 17.5. The molecule has 28 heavy (non-hydrogen) atoms. The minimum absolute atomic E-state index is 0.0342. The molecule has 1 unspecified atom stereocenters. The maximum absolute atomic E-state index is 11.9. The van der Waals surface area contributed by atoms with Gasteiger partial charge >= 0.3 is 5.97 Å². The van der Waals surface area contributed by atoms with Crippen molar-refractivity contribution in [2.75, 3.05) is 11.9 Å². The molecule has 6 heteroatoms. The summed E-state index contributed by atoms with van der Waals surface area (Å²) in [6.45, 7) is 8.34. The van der Waals surface area contributed by atoms with Gasteiger partial charge in [0.25, 0.3) is 0 Å². The minimum Gasteiger partial charge on any atom is -0.487 e. The molecule has 148 valence electrons. The van der Waals surface area contributed by atoms with Gasteiger partial charge in [-0.05, 0) is 64.2 Å².